The van der Waals surface area contributed by atoms with Crippen LogP contribution in [0.3, 0.4) is 0 Å². The van der Waals surface area contributed by atoms with Gasteiger partial charge in [-0.1, -0.05) is 26.7 Å². The predicted octanol–water partition coefficient (Wildman–Crippen LogP) is 2.25. The number of hydrogen-bond acceptors (Lipinski definition) is 5. The number of aliphatic imine (C=N–C) groups is 1. The zero-order valence-electron chi connectivity index (χ0n) is 17.5. The van der Waals surface area contributed by atoms with Crippen LogP contribution in [0.2, 0.25) is 0 Å². The van der Waals surface area contributed by atoms with Crippen molar-refractivity contribution in [2.45, 2.75) is 52.1 Å². The fourth-order valence-electron chi connectivity index (χ4n) is 3.07. The topological polar surface area (TPSA) is 75.2 Å². The Kier molecular flexibility index (Phi) is 16.0. The number of methoxy groups -OCH3 is 1. The van der Waals surface area contributed by atoms with Gasteiger partial charge in [0.05, 0.1) is 19.8 Å². The Balaban J connectivity index is 0.00000676. The Labute approximate surface area is 182 Å². The largest absolute Gasteiger partial charge is 0.469 e. The van der Waals surface area contributed by atoms with Gasteiger partial charge in [0.2, 0.25) is 0 Å². The predicted molar refractivity (Wildman–Crippen MR) is 121 cm³/mol. The maximum atomic E-state index is 11.0. The van der Waals surface area contributed by atoms with Crippen molar-refractivity contribution in [3.05, 3.63) is 0 Å². The van der Waals surface area contributed by atoms with Gasteiger partial charge in [-0.25, -0.2) is 0 Å². The van der Waals surface area contributed by atoms with E-state index in [4.69, 9.17) is 4.74 Å². The zero-order valence-corrected chi connectivity index (χ0v) is 19.8. The van der Waals surface area contributed by atoms with E-state index in [1.807, 2.05) is 0 Å². The van der Waals surface area contributed by atoms with E-state index >= 15 is 0 Å². The summed E-state index contributed by atoms with van der Waals surface area (Å²) in [5.41, 5.74) is 0. The highest BCUT2D eigenvalue weighted by Gasteiger charge is 2.20. The maximum Gasteiger partial charge on any atom is 0.305 e. The number of unbranched alkanes of at least 4 members (excludes halogenated alkanes) is 3. The highest BCUT2D eigenvalue weighted by atomic mass is 127. The van der Waals surface area contributed by atoms with Gasteiger partial charge in [-0.05, 0) is 18.8 Å². The molecule has 0 aromatic heterocycles. The van der Waals surface area contributed by atoms with Crippen LogP contribution in [-0.4, -0.2) is 76.4 Å². The van der Waals surface area contributed by atoms with Gasteiger partial charge in [-0.3, -0.25) is 14.7 Å². The second-order valence-electron chi connectivity index (χ2n) is 7.27. The number of ether oxygens (including phenoxy) is 2. The van der Waals surface area contributed by atoms with Gasteiger partial charge in [0.15, 0.2) is 5.96 Å². The number of halogens is 1. The van der Waals surface area contributed by atoms with Crippen LogP contribution in [-0.2, 0) is 14.3 Å². The Morgan fingerprint density at radius 1 is 1.26 bits per heavy atom. The molecule has 1 aliphatic heterocycles. The van der Waals surface area contributed by atoms with E-state index in [1.165, 1.54) is 7.11 Å². The second kappa shape index (κ2) is 16.4. The molecular formula is C19H39IN4O3. The van der Waals surface area contributed by atoms with Gasteiger partial charge in [0.25, 0.3) is 0 Å². The van der Waals surface area contributed by atoms with Crippen LogP contribution in [0.4, 0.5) is 0 Å². The third-order valence-corrected chi connectivity index (χ3v) is 4.39. The summed E-state index contributed by atoms with van der Waals surface area (Å²) in [6.07, 6.45) is 4.82. The minimum absolute atomic E-state index is 0. The Morgan fingerprint density at radius 2 is 2.00 bits per heavy atom. The van der Waals surface area contributed by atoms with Crippen molar-refractivity contribution in [1.82, 2.24) is 15.5 Å². The van der Waals surface area contributed by atoms with Crippen LogP contribution in [0.5, 0.6) is 0 Å². The zero-order chi connectivity index (χ0) is 19.2. The first-order valence-electron chi connectivity index (χ1n) is 9.90. The average Bonchev–Trinajstić information content (AvgIpc) is 2.62. The molecule has 1 rings (SSSR count). The third-order valence-electron chi connectivity index (χ3n) is 4.39. The van der Waals surface area contributed by atoms with Crippen LogP contribution in [0.1, 0.15) is 46.0 Å². The average molecular weight is 498 g/mol. The van der Waals surface area contributed by atoms with Gasteiger partial charge >= 0.3 is 5.97 Å². The molecular weight excluding hydrogens is 459 g/mol. The molecule has 8 heteroatoms. The molecule has 1 heterocycles. The first-order chi connectivity index (χ1) is 12.5. The van der Waals surface area contributed by atoms with Gasteiger partial charge in [-0.2, -0.15) is 0 Å². The summed E-state index contributed by atoms with van der Waals surface area (Å²) in [5, 5.41) is 6.71. The lowest BCUT2D eigenvalue weighted by Crippen LogP contribution is -2.50. The SMILES string of the molecule is CN=C(NCCCCCCC(=O)OC)NCC1CN(CC(C)C)CCO1.I. The van der Waals surface area contributed by atoms with Crippen molar-refractivity contribution in [3.8, 4) is 0 Å². The van der Waals surface area contributed by atoms with E-state index in [9.17, 15) is 4.79 Å². The Bertz CT molecular complexity index is 422. The third kappa shape index (κ3) is 13.2. The number of hydrogen-bond donors (Lipinski definition) is 2. The van der Waals surface area contributed by atoms with E-state index in [-0.39, 0.29) is 36.0 Å². The van der Waals surface area contributed by atoms with E-state index in [0.29, 0.717) is 12.3 Å². The number of nitrogens with zero attached hydrogens (tertiary/aromatic N) is 2. The molecule has 0 radical (unpaired) electrons. The van der Waals surface area contributed by atoms with Crippen molar-refractivity contribution < 1.29 is 14.3 Å². The number of guanidine groups is 1. The highest BCUT2D eigenvalue weighted by Crippen LogP contribution is 2.07. The molecule has 0 aromatic carbocycles. The fourth-order valence-corrected chi connectivity index (χ4v) is 3.07. The summed E-state index contributed by atoms with van der Waals surface area (Å²) in [6, 6.07) is 0. The molecule has 1 fully saturated rings. The van der Waals surface area contributed by atoms with Crippen LogP contribution in [0.15, 0.2) is 4.99 Å². The number of carbonyl (C=O) groups is 1. The Hall–Kier alpha value is -0.610. The minimum atomic E-state index is -0.121. The van der Waals surface area contributed by atoms with E-state index < -0.39 is 0 Å². The first-order valence-corrected chi connectivity index (χ1v) is 9.90. The number of rotatable bonds is 11. The lowest BCUT2D eigenvalue weighted by atomic mass is 10.1. The summed E-state index contributed by atoms with van der Waals surface area (Å²) in [4.78, 5) is 17.8. The molecule has 0 aromatic rings. The van der Waals surface area contributed by atoms with Crippen LogP contribution >= 0.6 is 24.0 Å². The van der Waals surface area contributed by atoms with Gasteiger partial charge in [0.1, 0.15) is 0 Å². The standard InChI is InChI=1S/C19H38N4O3.HI/c1-16(2)14-23-11-12-26-17(15-23)13-22-19(20-3)21-10-8-6-5-7-9-18(24)25-4;/h16-17H,5-15H2,1-4H3,(H2,20,21,22);1H. The molecule has 2 N–H and O–H groups in total. The highest BCUT2D eigenvalue weighted by molar-refractivity contribution is 14.0. The van der Waals surface area contributed by atoms with Crippen molar-refractivity contribution in [3.63, 3.8) is 0 Å². The van der Waals surface area contributed by atoms with Gasteiger partial charge < -0.3 is 20.1 Å². The minimum Gasteiger partial charge on any atom is -0.469 e. The van der Waals surface area contributed by atoms with Crippen molar-refractivity contribution in [2.75, 3.05) is 53.5 Å². The van der Waals surface area contributed by atoms with E-state index in [2.05, 4.69) is 39.1 Å². The molecule has 7 nitrogen and oxygen atoms in total. The summed E-state index contributed by atoms with van der Waals surface area (Å²) in [6.45, 7) is 10.1. The van der Waals surface area contributed by atoms with Gasteiger partial charge in [-0.15, -0.1) is 24.0 Å². The molecule has 0 bridgehead atoms. The molecule has 0 saturated carbocycles. The molecule has 1 aliphatic rings. The Morgan fingerprint density at radius 3 is 2.67 bits per heavy atom. The molecule has 160 valence electrons. The molecule has 1 atom stereocenters. The van der Waals surface area contributed by atoms with E-state index in [1.54, 1.807) is 7.05 Å². The summed E-state index contributed by atoms with van der Waals surface area (Å²) in [7, 11) is 3.23. The molecule has 0 amide bonds. The van der Waals surface area contributed by atoms with Crippen LogP contribution < -0.4 is 10.6 Å². The first kappa shape index (κ1) is 26.4. The van der Waals surface area contributed by atoms with Gasteiger partial charge in [0, 0.05) is 46.2 Å². The number of carbonyl (C=O) groups excluding carboxylic acids is 1. The van der Waals surface area contributed by atoms with Crippen molar-refractivity contribution in [2.24, 2.45) is 10.9 Å². The quantitative estimate of drug-likeness (QED) is 0.150. The maximum absolute atomic E-state index is 11.0. The van der Waals surface area contributed by atoms with E-state index in [0.717, 1.165) is 71.0 Å². The van der Waals surface area contributed by atoms with Crippen molar-refractivity contribution in [1.29, 1.82) is 0 Å². The smallest absolute Gasteiger partial charge is 0.305 e. The lowest BCUT2D eigenvalue weighted by molar-refractivity contribution is -0.140. The molecule has 27 heavy (non-hydrogen) atoms. The summed E-state index contributed by atoms with van der Waals surface area (Å²) < 4.78 is 10.5. The lowest BCUT2D eigenvalue weighted by Gasteiger charge is -2.34. The van der Waals surface area contributed by atoms with Crippen LogP contribution in [0.25, 0.3) is 0 Å². The fraction of sp³-hybridized carbons (Fsp3) is 0.895. The normalized spacial score (nSPS) is 18.1. The molecule has 0 aliphatic carbocycles. The summed E-state index contributed by atoms with van der Waals surface area (Å²) in [5.74, 6) is 1.39. The molecule has 1 unspecified atom stereocenters. The summed E-state index contributed by atoms with van der Waals surface area (Å²) >= 11 is 0. The van der Waals surface area contributed by atoms with Crippen molar-refractivity contribution >= 4 is 35.9 Å². The molecule has 0 spiro atoms. The van der Waals surface area contributed by atoms with Crippen LogP contribution in [0, 0.1) is 5.92 Å². The number of morpholine rings is 1. The second-order valence-corrected chi connectivity index (χ2v) is 7.27. The number of esters is 1. The molecule has 1 saturated heterocycles. The number of nitrogens with one attached hydrogen (secondary N) is 2. The monoisotopic (exact) mass is 498 g/mol.